The molecule has 0 fully saturated rings. The third-order valence-corrected chi connectivity index (χ3v) is 1.33. The van der Waals surface area contributed by atoms with Crippen LogP contribution >= 0.6 is 0 Å². The smallest absolute Gasteiger partial charge is 0.00885 e. The first kappa shape index (κ1) is 14.4. The second-order valence-corrected chi connectivity index (χ2v) is 2.49. The zero-order valence-corrected chi connectivity index (χ0v) is 8.26. The molecule has 0 radical (unpaired) electrons. The number of carbonyl (C=O) groups excluding carboxylic acids is 1. The molecule has 0 aromatic rings. The molecular formula is C10H16O3-2. The van der Waals surface area contributed by atoms with Crippen molar-refractivity contribution >= 4 is 6.16 Å². The monoisotopic (exact) mass is 184 g/mol. The number of carbonyl (C=O) groups is 1. The van der Waals surface area contributed by atoms with Crippen LogP contribution in [0.4, 0.5) is 4.79 Å². The molecule has 3 heteroatoms. The third-order valence-electron chi connectivity index (χ3n) is 1.33. The second kappa shape index (κ2) is 13.4. The van der Waals surface area contributed by atoms with Gasteiger partial charge in [-0.2, -0.15) is 0 Å². The number of hydrogen-bond acceptors (Lipinski definition) is 3. The van der Waals surface area contributed by atoms with Crippen LogP contribution in [0.3, 0.4) is 0 Å². The summed E-state index contributed by atoms with van der Waals surface area (Å²) in [6.45, 7) is 4.13. The molecule has 0 atom stereocenters. The molecule has 3 nitrogen and oxygen atoms in total. The maximum atomic E-state index is 8.33. The fourth-order valence-electron chi connectivity index (χ4n) is 0.765. The Morgan fingerprint density at radius 3 is 2.15 bits per heavy atom. The van der Waals surface area contributed by atoms with Crippen molar-refractivity contribution in [2.75, 3.05) is 0 Å². The maximum Gasteiger partial charge on any atom is 0.00885 e. The van der Waals surface area contributed by atoms with E-state index in [4.69, 9.17) is 15.0 Å². The Kier molecular flexibility index (Phi) is 14.8. The largest absolute Gasteiger partial charge is 0.652 e. The molecule has 0 aromatic heterocycles. The summed E-state index contributed by atoms with van der Waals surface area (Å²) in [5.41, 5.74) is 0. The van der Waals surface area contributed by atoms with Crippen molar-refractivity contribution in [3.63, 3.8) is 0 Å². The molecule has 0 unspecified atom stereocenters. The molecule has 0 N–H and O–H groups in total. The first-order valence-corrected chi connectivity index (χ1v) is 4.42. The summed E-state index contributed by atoms with van der Waals surface area (Å²) in [5, 5.41) is 16.7. The first-order valence-electron chi connectivity index (χ1n) is 4.42. The molecule has 0 aliphatic carbocycles. The van der Waals surface area contributed by atoms with E-state index in [0.717, 1.165) is 6.42 Å². The Bertz CT molecular complexity index is 161. The SMILES string of the molecule is CC#CCCCCCC.O=C([O-])[O-]. The zero-order chi connectivity index (χ0) is 10.5. The van der Waals surface area contributed by atoms with Crippen LogP contribution in [0.2, 0.25) is 0 Å². The van der Waals surface area contributed by atoms with E-state index >= 15 is 0 Å². The minimum atomic E-state index is -2.33. The fraction of sp³-hybridized carbons (Fsp3) is 0.700. The summed E-state index contributed by atoms with van der Waals surface area (Å²) in [6, 6.07) is 0. The van der Waals surface area contributed by atoms with Crippen molar-refractivity contribution in [2.24, 2.45) is 0 Å². The topological polar surface area (TPSA) is 63.2 Å². The van der Waals surface area contributed by atoms with Crippen LogP contribution in [0, 0.1) is 11.8 Å². The molecular weight excluding hydrogens is 168 g/mol. The van der Waals surface area contributed by atoms with Crippen molar-refractivity contribution < 1.29 is 15.0 Å². The number of rotatable bonds is 4. The summed E-state index contributed by atoms with van der Waals surface area (Å²) in [7, 11) is 0. The van der Waals surface area contributed by atoms with Gasteiger partial charge in [0.1, 0.15) is 0 Å². The van der Waals surface area contributed by atoms with E-state index in [0.29, 0.717) is 0 Å². The molecule has 0 amide bonds. The van der Waals surface area contributed by atoms with Gasteiger partial charge in [-0.25, -0.2) is 0 Å². The van der Waals surface area contributed by atoms with Gasteiger partial charge in [-0.1, -0.05) is 26.2 Å². The van der Waals surface area contributed by atoms with Gasteiger partial charge in [-0.3, -0.25) is 0 Å². The highest BCUT2D eigenvalue weighted by Gasteiger charge is 1.82. The van der Waals surface area contributed by atoms with Gasteiger partial charge in [0.25, 0.3) is 0 Å². The molecule has 0 aliphatic rings. The van der Waals surface area contributed by atoms with Crippen molar-refractivity contribution in [3.05, 3.63) is 0 Å². The van der Waals surface area contributed by atoms with Gasteiger partial charge in [0.05, 0.1) is 0 Å². The van der Waals surface area contributed by atoms with Crippen LogP contribution in [0.5, 0.6) is 0 Å². The fourth-order valence-corrected chi connectivity index (χ4v) is 0.765. The highest BCUT2D eigenvalue weighted by atomic mass is 16.6. The number of hydrogen-bond donors (Lipinski definition) is 0. The summed E-state index contributed by atoms with van der Waals surface area (Å²) in [5.74, 6) is 5.95. The van der Waals surface area contributed by atoms with Crippen LogP contribution in [0.25, 0.3) is 0 Å². The van der Waals surface area contributed by atoms with Crippen LogP contribution in [0.1, 0.15) is 46.0 Å². The summed E-state index contributed by atoms with van der Waals surface area (Å²) >= 11 is 0. The lowest BCUT2D eigenvalue weighted by Crippen LogP contribution is -2.37. The van der Waals surface area contributed by atoms with Gasteiger partial charge < -0.3 is 15.0 Å². The average molecular weight is 184 g/mol. The molecule has 76 valence electrons. The highest BCUT2D eigenvalue weighted by molar-refractivity contribution is 5.47. The molecule has 0 bridgehead atoms. The van der Waals surface area contributed by atoms with E-state index in [2.05, 4.69) is 18.8 Å². The summed E-state index contributed by atoms with van der Waals surface area (Å²) in [4.78, 5) is 8.33. The van der Waals surface area contributed by atoms with Crippen molar-refractivity contribution in [1.29, 1.82) is 0 Å². The molecule has 0 rings (SSSR count). The van der Waals surface area contributed by atoms with Crippen LogP contribution in [-0.2, 0) is 0 Å². The van der Waals surface area contributed by atoms with Gasteiger partial charge in [0.2, 0.25) is 0 Å². The minimum absolute atomic E-state index is 1.09. The lowest BCUT2D eigenvalue weighted by atomic mass is 10.2. The third kappa shape index (κ3) is 36.2. The van der Waals surface area contributed by atoms with Gasteiger partial charge in [-0.05, 0) is 19.5 Å². The Morgan fingerprint density at radius 2 is 1.77 bits per heavy atom. The van der Waals surface area contributed by atoms with Crippen LogP contribution in [0.15, 0.2) is 0 Å². The van der Waals surface area contributed by atoms with Gasteiger partial charge >= 0.3 is 0 Å². The van der Waals surface area contributed by atoms with E-state index in [1.54, 1.807) is 0 Å². The lowest BCUT2D eigenvalue weighted by Gasteiger charge is -1.96. The van der Waals surface area contributed by atoms with Gasteiger partial charge in [0, 0.05) is 6.42 Å². The minimum Gasteiger partial charge on any atom is -0.652 e. The average Bonchev–Trinajstić information content (AvgIpc) is 2.03. The van der Waals surface area contributed by atoms with Crippen LogP contribution in [-0.4, -0.2) is 6.16 Å². The van der Waals surface area contributed by atoms with E-state index in [-0.39, 0.29) is 0 Å². The Hall–Kier alpha value is -1.17. The van der Waals surface area contributed by atoms with E-state index < -0.39 is 6.16 Å². The Labute approximate surface area is 79.8 Å². The predicted molar refractivity (Wildman–Crippen MR) is 47.6 cm³/mol. The van der Waals surface area contributed by atoms with E-state index in [9.17, 15) is 0 Å². The standard InChI is InChI=1S/C9H16.CH2O3/c1-3-5-7-9-8-6-4-2;2-1(3)4/h3,5,7-9H2,1-2H3;(H2,2,3,4)/p-2. The van der Waals surface area contributed by atoms with Gasteiger partial charge in [0.15, 0.2) is 0 Å². The number of unbranched alkanes of at least 4 members (excludes halogenated alkanes) is 4. The summed E-state index contributed by atoms with van der Waals surface area (Å²) in [6.07, 6.45) is 4.08. The molecule has 0 spiro atoms. The molecule has 0 saturated carbocycles. The second-order valence-electron chi connectivity index (χ2n) is 2.49. The number of carboxylic acid groups (broad SMARTS) is 2. The van der Waals surface area contributed by atoms with Gasteiger partial charge in [-0.15, -0.1) is 11.8 Å². The zero-order valence-electron chi connectivity index (χ0n) is 8.26. The van der Waals surface area contributed by atoms with E-state index in [1.807, 2.05) is 6.92 Å². The quantitative estimate of drug-likeness (QED) is 0.473. The summed E-state index contributed by atoms with van der Waals surface area (Å²) < 4.78 is 0. The predicted octanol–water partition coefficient (Wildman–Crippen LogP) is 0.533. The van der Waals surface area contributed by atoms with E-state index in [1.165, 1.54) is 25.7 Å². The van der Waals surface area contributed by atoms with Crippen molar-refractivity contribution in [2.45, 2.75) is 46.0 Å². The molecule has 0 saturated heterocycles. The lowest BCUT2D eigenvalue weighted by molar-refractivity contribution is -0.415. The highest BCUT2D eigenvalue weighted by Crippen LogP contribution is 2.00. The Morgan fingerprint density at radius 1 is 1.23 bits per heavy atom. The molecule has 0 aromatic carbocycles. The normalized spacial score (nSPS) is 7.54. The van der Waals surface area contributed by atoms with Crippen LogP contribution < -0.4 is 10.2 Å². The molecule has 0 heterocycles. The van der Waals surface area contributed by atoms with Crippen molar-refractivity contribution in [1.82, 2.24) is 0 Å². The molecule has 0 aliphatic heterocycles. The Balaban J connectivity index is 0. The van der Waals surface area contributed by atoms with Crippen molar-refractivity contribution in [3.8, 4) is 11.8 Å². The first-order chi connectivity index (χ1) is 6.15. The molecule has 13 heavy (non-hydrogen) atoms. The maximum absolute atomic E-state index is 8.33.